The number of alkyl halides is 3. The zero-order chi connectivity index (χ0) is 20.4. The average Bonchev–Trinajstić information content (AvgIpc) is 3.17. The largest absolute Gasteiger partial charge is 0.419 e. The monoisotopic (exact) mass is 417 g/mol. The standard InChI is InChI=1S/C21H22F3N5O/c22-21(23,24)13-4-10(6-26-19(13)25)15-5-16(29(27-15)11-2-1-3-11)20-14-7-28(12-8-30-9-12)18(20)17(14)20/h4-6,11-12,14,17-18H,1-3,7-9H2,(H2,25,26)/t14-,17-,18?,20-/m1/s1. The van der Waals surface area contributed by atoms with E-state index in [2.05, 4.69) is 14.6 Å². The molecule has 9 heteroatoms. The van der Waals surface area contributed by atoms with Crippen molar-refractivity contribution in [2.45, 2.75) is 49.0 Å². The first kappa shape index (κ1) is 17.5. The van der Waals surface area contributed by atoms with Crippen LogP contribution in [0.5, 0.6) is 0 Å². The lowest BCUT2D eigenvalue weighted by Gasteiger charge is -2.35. The molecule has 3 saturated carbocycles. The smallest absolute Gasteiger partial charge is 0.383 e. The molecule has 4 atom stereocenters. The van der Waals surface area contributed by atoms with Gasteiger partial charge in [-0.2, -0.15) is 18.3 Å². The maximum atomic E-state index is 13.3. The number of nitrogens with two attached hydrogens (primary N) is 1. The second-order valence-corrected chi connectivity index (χ2v) is 9.50. The van der Waals surface area contributed by atoms with Crippen molar-refractivity contribution < 1.29 is 17.9 Å². The van der Waals surface area contributed by atoms with Crippen molar-refractivity contribution in [1.82, 2.24) is 19.7 Å². The van der Waals surface area contributed by atoms with E-state index < -0.39 is 17.6 Å². The minimum atomic E-state index is -4.53. The minimum absolute atomic E-state index is 0.157. The second kappa shape index (κ2) is 5.37. The summed E-state index contributed by atoms with van der Waals surface area (Å²) in [4.78, 5) is 6.41. The van der Waals surface area contributed by atoms with E-state index in [0.717, 1.165) is 38.7 Å². The fourth-order valence-corrected chi connectivity index (χ4v) is 6.25. The molecule has 0 radical (unpaired) electrons. The zero-order valence-electron chi connectivity index (χ0n) is 16.3. The molecule has 158 valence electrons. The number of fused-ring (bicyclic) bond motifs is 1. The quantitative estimate of drug-likeness (QED) is 0.829. The Bertz CT molecular complexity index is 1050. The van der Waals surface area contributed by atoms with Gasteiger partial charge in [0.15, 0.2) is 0 Å². The zero-order valence-corrected chi connectivity index (χ0v) is 16.3. The Morgan fingerprint density at radius 3 is 2.57 bits per heavy atom. The molecule has 0 spiro atoms. The van der Waals surface area contributed by atoms with Gasteiger partial charge in [-0.1, -0.05) is 0 Å². The first-order chi connectivity index (χ1) is 14.4. The molecule has 6 fully saturated rings. The van der Waals surface area contributed by atoms with E-state index in [9.17, 15) is 13.2 Å². The first-order valence-corrected chi connectivity index (χ1v) is 10.7. The predicted molar refractivity (Wildman–Crippen MR) is 102 cm³/mol. The van der Waals surface area contributed by atoms with Crippen LogP contribution in [0, 0.1) is 11.8 Å². The summed E-state index contributed by atoms with van der Waals surface area (Å²) in [6.07, 6.45) is 0.211. The van der Waals surface area contributed by atoms with E-state index in [1.54, 1.807) is 0 Å². The third-order valence-corrected chi connectivity index (χ3v) is 8.18. The van der Waals surface area contributed by atoms with Gasteiger partial charge in [-0.3, -0.25) is 9.58 Å². The first-order valence-electron chi connectivity index (χ1n) is 10.7. The van der Waals surface area contributed by atoms with Crippen LogP contribution in [0.4, 0.5) is 19.0 Å². The molecule has 3 aliphatic carbocycles. The van der Waals surface area contributed by atoms with Crippen molar-refractivity contribution in [3.63, 3.8) is 0 Å². The van der Waals surface area contributed by atoms with Crippen molar-refractivity contribution in [2.24, 2.45) is 11.8 Å². The Morgan fingerprint density at radius 1 is 1.17 bits per heavy atom. The number of aromatic nitrogens is 3. The Balaban J connectivity index is 1.28. The summed E-state index contributed by atoms with van der Waals surface area (Å²) in [6, 6.07) is 4.55. The molecule has 2 bridgehead atoms. The van der Waals surface area contributed by atoms with Crippen LogP contribution in [-0.4, -0.2) is 51.5 Å². The fraction of sp³-hybridized carbons (Fsp3) is 0.619. The molecule has 3 aliphatic heterocycles. The number of pyridine rings is 1. The number of rotatable bonds is 4. The highest BCUT2D eigenvalue weighted by molar-refractivity contribution is 5.66. The molecule has 0 amide bonds. The van der Waals surface area contributed by atoms with E-state index in [4.69, 9.17) is 15.6 Å². The summed E-state index contributed by atoms with van der Waals surface area (Å²) >= 11 is 0. The maximum absolute atomic E-state index is 13.3. The van der Waals surface area contributed by atoms with Crippen LogP contribution in [-0.2, 0) is 16.3 Å². The molecule has 6 aliphatic rings. The lowest BCUT2D eigenvalue weighted by atomic mass is 9.92. The van der Waals surface area contributed by atoms with E-state index in [1.165, 1.54) is 18.3 Å². The van der Waals surface area contributed by atoms with Crippen molar-refractivity contribution in [3.05, 3.63) is 29.6 Å². The normalized spacial score (nSPS) is 35.1. The Labute approximate surface area is 171 Å². The SMILES string of the molecule is Nc1ncc(-c2cc([C@@]34C5[C@H]3[C@H]4CN5C3COC3)n(C3CCC3)n2)cc1C(F)(F)F. The number of piperidine rings is 1. The molecule has 2 N–H and O–H groups in total. The Kier molecular flexibility index (Phi) is 3.14. The van der Waals surface area contributed by atoms with Gasteiger partial charge in [0, 0.05) is 35.5 Å². The van der Waals surface area contributed by atoms with Crippen LogP contribution in [0.3, 0.4) is 0 Å². The van der Waals surface area contributed by atoms with Gasteiger partial charge >= 0.3 is 6.18 Å². The molecule has 5 heterocycles. The van der Waals surface area contributed by atoms with Gasteiger partial charge in [-0.15, -0.1) is 0 Å². The second-order valence-electron chi connectivity index (χ2n) is 9.50. The molecule has 3 saturated heterocycles. The van der Waals surface area contributed by atoms with E-state index in [-0.39, 0.29) is 5.41 Å². The Hall–Kier alpha value is -2.13. The number of ether oxygens (including phenoxy) is 1. The van der Waals surface area contributed by atoms with Crippen molar-refractivity contribution >= 4 is 5.82 Å². The molecular formula is C21H22F3N5O. The van der Waals surface area contributed by atoms with Crippen molar-refractivity contribution in [1.29, 1.82) is 0 Å². The summed E-state index contributed by atoms with van der Waals surface area (Å²) in [5.74, 6) is 0.836. The van der Waals surface area contributed by atoms with Gasteiger partial charge in [0.05, 0.1) is 36.6 Å². The molecule has 30 heavy (non-hydrogen) atoms. The number of nitrogens with zero attached hydrogens (tertiary/aromatic N) is 4. The highest BCUT2D eigenvalue weighted by Gasteiger charge is 2.94. The molecule has 0 aromatic carbocycles. The average molecular weight is 417 g/mol. The van der Waals surface area contributed by atoms with Crippen LogP contribution in [0.2, 0.25) is 0 Å². The highest BCUT2D eigenvalue weighted by atomic mass is 19.4. The summed E-state index contributed by atoms with van der Waals surface area (Å²) in [5.41, 5.74) is 6.91. The van der Waals surface area contributed by atoms with Gasteiger partial charge in [0.1, 0.15) is 5.82 Å². The van der Waals surface area contributed by atoms with E-state index >= 15 is 0 Å². The van der Waals surface area contributed by atoms with E-state index in [0.29, 0.717) is 41.2 Å². The van der Waals surface area contributed by atoms with Gasteiger partial charge in [-0.25, -0.2) is 4.98 Å². The predicted octanol–water partition coefficient (Wildman–Crippen LogP) is 2.85. The summed E-state index contributed by atoms with van der Waals surface area (Å²) in [7, 11) is 0. The fourth-order valence-electron chi connectivity index (χ4n) is 6.25. The van der Waals surface area contributed by atoms with Gasteiger partial charge in [0.25, 0.3) is 0 Å². The summed E-state index contributed by atoms with van der Waals surface area (Å²) < 4.78 is 47.5. The number of nitrogen functional groups attached to an aromatic ring is 1. The van der Waals surface area contributed by atoms with Crippen LogP contribution >= 0.6 is 0 Å². The van der Waals surface area contributed by atoms with Gasteiger partial charge < -0.3 is 10.5 Å². The van der Waals surface area contributed by atoms with Crippen molar-refractivity contribution in [3.8, 4) is 11.3 Å². The van der Waals surface area contributed by atoms with E-state index in [1.807, 2.05) is 6.07 Å². The number of anilines is 1. The summed E-state index contributed by atoms with van der Waals surface area (Å²) in [5, 5.41) is 4.81. The maximum Gasteiger partial charge on any atom is 0.419 e. The highest BCUT2D eigenvalue weighted by Crippen LogP contribution is 2.86. The van der Waals surface area contributed by atoms with Crippen LogP contribution in [0.15, 0.2) is 18.3 Å². The third kappa shape index (κ3) is 2.03. The van der Waals surface area contributed by atoms with Crippen molar-refractivity contribution in [2.75, 3.05) is 25.5 Å². The number of hydrogen-bond acceptors (Lipinski definition) is 5. The van der Waals surface area contributed by atoms with Crippen LogP contribution in [0.25, 0.3) is 11.3 Å². The lowest BCUT2D eigenvalue weighted by molar-refractivity contribution is -0.137. The molecule has 6 nitrogen and oxygen atoms in total. The number of halogens is 3. The lowest BCUT2D eigenvalue weighted by Crippen LogP contribution is -2.48. The molecule has 1 unspecified atom stereocenters. The third-order valence-electron chi connectivity index (χ3n) is 8.18. The summed E-state index contributed by atoms with van der Waals surface area (Å²) in [6.45, 7) is 2.74. The molecule has 2 aromatic rings. The molecule has 2 aromatic heterocycles. The topological polar surface area (TPSA) is 69.2 Å². The molecule has 8 rings (SSSR count). The van der Waals surface area contributed by atoms with Gasteiger partial charge in [-0.05, 0) is 43.2 Å². The minimum Gasteiger partial charge on any atom is -0.383 e. The Morgan fingerprint density at radius 2 is 1.97 bits per heavy atom. The molecular weight excluding hydrogens is 395 g/mol. The van der Waals surface area contributed by atoms with Crippen LogP contribution in [0.1, 0.15) is 36.6 Å². The number of hydrogen-bond donors (Lipinski definition) is 1. The van der Waals surface area contributed by atoms with Gasteiger partial charge in [0.2, 0.25) is 0 Å². The van der Waals surface area contributed by atoms with Crippen LogP contribution < -0.4 is 5.73 Å².